The van der Waals surface area contributed by atoms with Gasteiger partial charge in [-0.15, -0.1) is 0 Å². The number of ether oxygens (including phenoxy) is 2. The van der Waals surface area contributed by atoms with Crippen molar-refractivity contribution in [2.45, 2.75) is 26.2 Å². The van der Waals surface area contributed by atoms with Crippen molar-refractivity contribution in [1.82, 2.24) is 0 Å². The lowest BCUT2D eigenvalue weighted by Crippen LogP contribution is -2.24. The van der Waals surface area contributed by atoms with Crippen LogP contribution in [0, 0.1) is 10.1 Å². The zero-order valence-corrected chi connectivity index (χ0v) is 15.7. The minimum Gasteiger partial charge on any atom is -0.475 e. The number of benzene rings is 2. The molecule has 8 nitrogen and oxygen atoms in total. The third-order valence-corrected chi connectivity index (χ3v) is 4.15. The molecule has 148 valence electrons. The topological polar surface area (TPSA) is 108 Å². The van der Waals surface area contributed by atoms with Crippen molar-refractivity contribution in [2.75, 3.05) is 18.5 Å². The van der Waals surface area contributed by atoms with Crippen molar-refractivity contribution < 1.29 is 24.0 Å². The molecule has 0 aliphatic rings. The van der Waals surface area contributed by atoms with Crippen molar-refractivity contribution in [3.63, 3.8) is 0 Å². The summed E-state index contributed by atoms with van der Waals surface area (Å²) in [6.45, 7) is 3.10. The second-order valence-corrected chi connectivity index (χ2v) is 6.12. The van der Waals surface area contributed by atoms with Crippen LogP contribution in [0.4, 0.5) is 11.4 Å². The van der Waals surface area contributed by atoms with Crippen LogP contribution in [0.2, 0.25) is 0 Å². The van der Waals surface area contributed by atoms with E-state index in [-0.39, 0.29) is 17.4 Å². The maximum absolute atomic E-state index is 12.1. The molecule has 2 aromatic carbocycles. The van der Waals surface area contributed by atoms with Crippen LogP contribution in [-0.4, -0.2) is 30.0 Å². The van der Waals surface area contributed by atoms with E-state index >= 15 is 0 Å². The van der Waals surface area contributed by atoms with Gasteiger partial charge in [0.25, 0.3) is 5.91 Å². The Morgan fingerprint density at radius 1 is 1.11 bits per heavy atom. The lowest BCUT2D eigenvalue weighted by Gasteiger charge is -2.15. The number of esters is 1. The number of nitro benzene ring substituents is 1. The Labute approximate surface area is 162 Å². The van der Waals surface area contributed by atoms with Crippen LogP contribution in [0.15, 0.2) is 48.5 Å². The molecule has 0 bridgehead atoms. The molecule has 1 N–H and O–H groups in total. The molecule has 0 spiro atoms. The zero-order chi connectivity index (χ0) is 20.5. The van der Waals surface area contributed by atoms with Gasteiger partial charge in [0.05, 0.1) is 4.92 Å². The van der Waals surface area contributed by atoms with E-state index in [1.54, 1.807) is 12.1 Å². The van der Waals surface area contributed by atoms with E-state index in [0.717, 1.165) is 12.0 Å². The summed E-state index contributed by atoms with van der Waals surface area (Å²) in [5.74, 6) is -1.05. The number of anilines is 1. The fourth-order valence-corrected chi connectivity index (χ4v) is 2.50. The summed E-state index contributed by atoms with van der Waals surface area (Å²) in [4.78, 5) is 34.2. The van der Waals surface area contributed by atoms with Gasteiger partial charge in [0.2, 0.25) is 0 Å². The average Bonchev–Trinajstić information content (AvgIpc) is 2.70. The van der Waals surface area contributed by atoms with Crippen molar-refractivity contribution in [2.24, 2.45) is 0 Å². The molecule has 28 heavy (non-hydrogen) atoms. The number of nitrogens with zero attached hydrogens (tertiary/aromatic N) is 1. The Balaban J connectivity index is 1.85. The number of nitro groups is 1. The number of carbonyl (C=O) groups is 2. The van der Waals surface area contributed by atoms with Crippen LogP contribution in [0.1, 0.15) is 31.7 Å². The Morgan fingerprint density at radius 2 is 1.79 bits per heavy atom. The number of carbonyl (C=O) groups excluding carboxylic acids is 2. The van der Waals surface area contributed by atoms with E-state index in [4.69, 9.17) is 9.47 Å². The van der Waals surface area contributed by atoms with Gasteiger partial charge < -0.3 is 14.8 Å². The largest absolute Gasteiger partial charge is 0.475 e. The van der Waals surface area contributed by atoms with Crippen LogP contribution < -0.4 is 10.1 Å². The monoisotopic (exact) mass is 386 g/mol. The number of hydrogen-bond donors (Lipinski definition) is 1. The molecule has 2 aromatic rings. The third-order valence-electron chi connectivity index (χ3n) is 4.15. The normalized spacial score (nSPS) is 11.4. The van der Waals surface area contributed by atoms with Gasteiger partial charge in [0.15, 0.2) is 19.0 Å². The second-order valence-electron chi connectivity index (χ2n) is 6.12. The van der Waals surface area contributed by atoms with Crippen molar-refractivity contribution >= 4 is 23.3 Å². The van der Waals surface area contributed by atoms with Gasteiger partial charge in [-0.2, -0.15) is 0 Å². The molecule has 0 heterocycles. The number of nitrogens with one attached hydrogen (secondary N) is 1. The van der Waals surface area contributed by atoms with Gasteiger partial charge >= 0.3 is 11.7 Å². The minimum atomic E-state index is -0.802. The fourth-order valence-electron chi connectivity index (χ4n) is 2.50. The molecule has 1 atom stereocenters. The van der Waals surface area contributed by atoms with E-state index in [2.05, 4.69) is 19.2 Å². The smallest absolute Gasteiger partial charge is 0.344 e. The minimum absolute atomic E-state index is 0.0450. The Kier molecular flexibility index (Phi) is 7.50. The molecule has 2 rings (SSSR count). The first kappa shape index (κ1) is 20.9. The lowest BCUT2D eigenvalue weighted by molar-refractivity contribution is -0.385. The highest BCUT2D eigenvalue weighted by Gasteiger charge is 2.16. The first-order valence-corrected chi connectivity index (χ1v) is 8.83. The van der Waals surface area contributed by atoms with Gasteiger partial charge in [0.1, 0.15) is 0 Å². The highest BCUT2D eigenvalue weighted by Crippen LogP contribution is 2.27. The summed E-state index contributed by atoms with van der Waals surface area (Å²) in [6.07, 6.45) is 0.921. The first-order valence-electron chi connectivity index (χ1n) is 8.83. The molecule has 8 heteroatoms. The van der Waals surface area contributed by atoms with Gasteiger partial charge in [-0.3, -0.25) is 14.9 Å². The van der Waals surface area contributed by atoms with E-state index in [1.807, 2.05) is 18.2 Å². The predicted molar refractivity (Wildman–Crippen MR) is 103 cm³/mol. The van der Waals surface area contributed by atoms with E-state index in [9.17, 15) is 19.7 Å². The van der Waals surface area contributed by atoms with E-state index in [1.165, 1.54) is 18.2 Å². The summed E-state index contributed by atoms with van der Waals surface area (Å²) in [7, 11) is 0. The van der Waals surface area contributed by atoms with E-state index < -0.39 is 30.0 Å². The van der Waals surface area contributed by atoms with Crippen molar-refractivity contribution in [3.8, 4) is 5.75 Å². The number of amides is 1. The third kappa shape index (κ3) is 5.80. The summed E-state index contributed by atoms with van der Waals surface area (Å²) in [6, 6.07) is 13.1. The summed E-state index contributed by atoms with van der Waals surface area (Å²) >= 11 is 0. The van der Waals surface area contributed by atoms with Gasteiger partial charge in [-0.05, 0) is 30.0 Å². The zero-order valence-electron chi connectivity index (χ0n) is 15.7. The summed E-state index contributed by atoms with van der Waals surface area (Å²) < 4.78 is 10.0. The number of hydrogen-bond acceptors (Lipinski definition) is 6. The van der Waals surface area contributed by atoms with Crippen molar-refractivity contribution in [1.29, 1.82) is 0 Å². The quantitative estimate of drug-likeness (QED) is 0.400. The molecule has 0 radical (unpaired) electrons. The molecule has 0 saturated carbocycles. The SMILES string of the molecule is CC[C@@H](C)c1ccccc1NC(=O)COC(=O)COc1ccccc1[N+](=O)[O-]. The highest BCUT2D eigenvalue weighted by molar-refractivity contribution is 5.93. The predicted octanol–water partition coefficient (Wildman–Crippen LogP) is 3.67. The van der Waals surface area contributed by atoms with Crippen LogP contribution in [0.3, 0.4) is 0 Å². The van der Waals surface area contributed by atoms with Gasteiger partial charge in [0, 0.05) is 11.8 Å². The second kappa shape index (κ2) is 10.1. The van der Waals surface area contributed by atoms with Gasteiger partial charge in [-0.1, -0.05) is 44.2 Å². The van der Waals surface area contributed by atoms with Gasteiger partial charge in [-0.25, -0.2) is 4.79 Å². The molecule has 0 fully saturated rings. The maximum atomic E-state index is 12.1. The molecular weight excluding hydrogens is 364 g/mol. The van der Waals surface area contributed by atoms with Crippen LogP contribution in [0.5, 0.6) is 5.75 Å². The van der Waals surface area contributed by atoms with Crippen molar-refractivity contribution in [3.05, 3.63) is 64.2 Å². The summed E-state index contributed by atoms with van der Waals surface area (Å²) in [5, 5.41) is 13.6. The first-order chi connectivity index (χ1) is 13.4. The number of para-hydroxylation sites is 3. The molecule has 0 aromatic heterocycles. The summed E-state index contributed by atoms with van der Waals surface area (Å²) in [5.41, 5.74) is 1.42. The Morgan fingerprint density at radius 3 is 2.50 bits per heavy atom. The molecule has 1 amide bonds. The van der Waals surface area contributed by atoms with E-state index in [0.29, 0.717) is 5.69 Å². The van der Waals surface area contributed by atoms with Crippen LogP contribution in [-0.2, 0) is 14.3 Å². The molecule has 0 unspecified atom stereocenters. The average molecular weight is 386 g/mol. The van der Waals surface area contributed by atoms with Crippen LogP contribution in [0.25, 0.3) is 0 Å². The standard InChI is InChI=1S/C20H22N2O6/c1-3-14(2)15-8-4-5-9-16(15)21-19(23)12-28-20(24)13-27-18-11-7-6-10-17(18)22(25)26/h4-11,14H,3,12-13H2,1-2H3,(H,21,23)/t14-/m1/s1. The lowest BCUT2D eigenvalue weighted by atomic mass is 9.97. The van der Waals surface area contributed by atoms with Crippen LogP contribution >= 0.6 is 0 Å². The maximum Gasteiger partial charge on any atom is 0.344 e. The Hall–Kier alpha value is -3.42. The molecule has 0 aliphatic heterocycles. The fraction of sp³-hybridized carbons (Fsp3) is 0.300. The molecule has 0 saturated heterocycles. The number of rotatable bonds is 9. The highest BCUT2D eigenvalue weighted by atomic mass is 16.6. The molecule has 0 aliphatic carbocycles. The Bertz CT molecular complexity index is 852. The molecular formula is C20H22N2O6.